The van der Waals surface area contributed by atoms with Crippen LogP contribution >= 0.6 is 0 Å². The number of benzene rings is 2. The highest BCUT2D eigenvalue weighted by atomic mass is 16.5. The van der Waals surface area contributed by atoms with Gasteiger partial charge in [-0.3, -0.25) is 24.4 Å². The van der Waals surface area contributed by atoms with Crippen molar-refractivity contribution in [2.24, 2.45) is 0 Å². The van der Waals surface area contributed by atoms with Crippen molar-refractivity contribution >= 4 is 11.8 Å². The predicted octanol–water partition coefficient (Wildman–Crippen LogP) is 4.92. The number of fused-ring (bicyclic) bond motifs is 1. The van der Waals surface area contributed by atoms with Crippen LogP contribution in [0.2, 0.25) is 0 Å². The molecule has 4 fully saturated rings. The Hall–Kier alpha value is -4.87. The topological polar surface area (TPSA) is 122 Å². The number of carbonyl (C=O) groups is 2. The van der Waals surface area contributed by atoms with E-state index < -0.39 is 0 Å². The van der Waals surface area contributed by atoms with Gasteiger partial charge in [0.15, 0.2) is 0 Å². The van der Waals surface area contributed by atoms with E-state index in [4.69, 9.17) is 24.4 Å². The Labute approximate surface area is 304 Å². The number of hydrogen-bond acceptors (Lipinski definition) is 9. The van der Waals surface area contributed by atoms with Gasteiger partial charge in [0.05, 0.1) is 42.9 Å². The fourth-order valence-electron chi connectivity index (χ4n) is 9.56. The molecule has 2 aromatic heterocycles. The third kappa shape index (κ3) is 5.44. The van der Waals surface area contributed by atoms with E-state index >= 15 is 0 Å². The summed E-state index contributed by atoms with van der Waals surface area (Å²) in [7, 11) is 3.36. The smallest absolute Gasteiger partial charge is 0.237 e. The Morgan fingerprint density at radius 3 is 1.94 bits per heavy atom. The van der Waals surface area contributed by atoms with Crippen molar-refractivity contribution in [2.45, 2.75) is 76.0 Å². The van der Waals surface area contributed by atoms with Gasteiger partial charge in [-0.25, -0.2) is 9.97 Å². The fourth-order valence-corrected chi connectivity index (χ4v) is 9.56. The van der Waals surface area contributed by atoms with Gasteiger partial charge in [0, 0.05) is 68.3 Å². The van der Waals surface area contributed by atoms with Crippen LogP contribution in [0.3, 0.4) is 0 Å². The van der Waals surface area contributed by atoms with E-state index in [0.717, 1.165) is 102 Å². The second-order valence-electron chi connectivity index (χ2n) is 15.5. The van der Waals surface area contributed by atoms with Crippen molar-refractivity contribution < 1.29 is 19.1 Å². The summed E-state index contributed by atoms with van der Waals surface area (Å²) in [5.74, 6) is 1.54. The third-order valence-electron chi connectivity index (χ3n) is 12.2. The first-order valence-electron chi connectivity index (χ1n) is 18.4. The van der Waals surface area contributed by atoms with Gasteiger partial charge in [-0.1, -0.05) is 36.4 Å². The third-order valence-corrected chi connectivity index (χ3v) is 12.2. The lowest BCUT2D eigenvalue weighted by Crippen LogP contribution is -2.67. The summed E-state index contributed by atoms with van der Waals surface area (Å²) in [6, 6.07) is 15.3. The van der Waals surface area contributed by atoms with Gasteiger partial charge in [-0.05, 0) is 73.4 Å². The summed E-state index contributed by atoms with van der Waals surface area (Å²) in [6.45, 7) is 8.35. The number of hydrogen-bond donors (Lipinski definition) is 2. The molecule has 1 atom stereocenters. The van der Waals surface area contributed by atoms with Gasteiger partial charge in [-0.15, -0.1) is 0 Å². The standard InChI is InChI=1S/C41H45N7O4/c1-24-27(7-5-9-29(24)31-17-26-11-12-34(37(26)39(43-31)52-4)48-22-41(23-48)16-14-36(50)46-41)28-8-6-10-30(25(28)2)32-18-42-33(38(44-32)51-3)19-47-20-40(21-47)15-13-35(49)45-40/h5-10,17-18,34H,11-16,19-23H2,1-4H3,(H,45,49)(H,46,50)/t34-/m0/s1. The minimum Gasteiger partial charge on any atom is -0.481 e. The lowest BCUT2D eigenvalue weighted by atomic mass is 9.86. The molecule has 0 unspecified atom stereocenters. The van der Waals surface area contributed by atoms with Crippen LogP contribution in [0, 0.1) is 13.8 Å². The molecule has 2 amide bonds. The van der Waals surface area contributed by atoms with Crippen molar-refractivity contribution in [2.75, 3.05) is 40.4 Å². The molecule has 0 saturated carbocycles. The number of methoxy groups -OCH3 is 2. The number of carbonyl (C=O) groups excluding carboxylic acids is 2. The maximum absolute atomic E-state index is 11.9. The first-order chi connectivity index (χ1) is 25.2. The van der Waals surface area contributed by atoms with Gasteiger partial charge in [0.1, 0.15) is 5.69 Å². The van der Waals surface area contributed by atoms with Crippen LogP contribution in [0.25, 0.3) is 33.6 Å². The molecule has 52 heavy (non-hydrogen) atoms. The molecular weight excluding hydrogens is 654 g/mol. The highest BCUT2D eigenvalue weighted by molar-refractivity contribution is 5.83. The first-order valence-corrected chi connectivity index (χ1v) is 18.4. The number of rotatable bonds is 8. The van der Waals surface area contributed by atoms with Crippen LogP contribution in [-0.4, -0.2) is 88.0 Å². The number of aromatic nitrogens is 3. The second kappa shape index (κ2) is 12.4. The summed E-state index contributed by atoms with van der Waals surface area (Å²) in [4.78, 5) is 43.3. The Morgan fingerprint density at radius 1 is 0.769 bits per heavy atom. The SMILES string of the molecule is COc1nc(-c2cccc(-c3cccc(-c4cc5c(c(OC)n4)[C@@H](N4CC6(CCC(=O)N6)C4)CC5)c3C)c2C)cnc1CN1CC2(CCC(=O)N2)C1. The monoisotopic (exact) mass is 699 g/mol. The van der Waals surface area contributed by atoms with Gasteiger partial charge in [0.25, 0.3) is 0 Å². The Bertz CT molecular complexity index is 2120. The molecule has 4 saturated heterocycles. The van der Waals surface area contributed by atoms with Crippen molar-refractivity contribution in [3.05, 3.63) is 76.6 Å². The zero-order chi connectivity index (χ0) is 35.8. The number of aryl methyl sites for hydroxylation is 1. The molecule has 4 aliphatic heterocycles. The van der Waals surface area contributed by atoms with Gasteiger partial charge < -0.3 is 20.1 Å². The first kappa shape index (κ1) is 33.0. The fraction of sp³-hybridized carbons (Fsp3) is 0.439. The highest BCUT2D eigenvalue weighted by Gasteiger charge is 2.51. The van der Waals surface area contributed by atoms with Crippen molar-refractivity contribution in [3.8, 4) is 45.4 Å². The molecule has 6 heterocycles. The van der Waals surface area contributed by atoms with Crippen molar-refractivity contribution in [1.82, 2.24) is 35.4 Å². The Balaban J connectivity index is 0.973. The van der Waals surface area contributed by atoms with Gasteiger partial charge >= 0.3 is 0 Å². The summed E-state index contributed by atoms with van der Waals surface area (Å²) in [6.07, 6.45) is 6.90. The van der Waals surface area contributed by atoms with Crippen LogP contribution in [0.1, 0.15) is 66.1 Å². The van der Waals surface area contributed by atoms with E-state index in [1.807, 2.05) is 6.20 Å². The lowest BCUT2D eigenvalue weighted by Gasteiger charge is -2.50. The van der Waals surface area contributed by atoms with Gasteiger partial charge in [0.2, 0.25) is 23.6 Å². The number of ether oxygens (including phenoxy) is 2. The zero-order valence-electron chi connectivity index (χ0n) is 30.3. The minimum absolute atomic E-state index is 0.0510. The lowest BCUT2D eigenvalue weighted by molar-refractivity contribution is -0.121. The highest BCUT2D eigenvalue weighted by Crippen LogP contribution is 2.47. The molecule has 9 rings (SSSR count). The number of nitrogens with one attached hydrogen (secondary N) is 2. The molecule has 0 bridgehead atoms. The average Bonchev–Trinajstić information content (AvgIpc) is 3.84. The second-order valence-corrected chi connectivity index (χ2v) is 15.5. The maximum Gasteiger partial charge on any atom is 0.237 e. The normalized spacial score (nSPS) is 21.5. The predicted molar refractivity (Wildman–Crippen MR) is 197 cm³/mol. The Morgan fingerprint density at radius 2 is 1.35 bits per heavy atom. The quantitative estimate of drug-likeness (QED) is 0.264. The summed E-state index contributed by atoms with van der Waals surface area (Å²) >= 11 is 0. The number of nitrogens with zero attached hydrogens (tertiary/aromatic N) is 5. The zero-order valence-corrected chi connectivity index (χ0v) is 30.3. The summed E-state index contributed by atoms with van der Waals surface area (Å²) in [5.41, 5.74) is 11.5. The molecule has 2 spiro atoms. The summed E-state index contributed by atoms with van der Waals surface area (Å²) in [5, 5.41) is 6.37. The van der Waals surface area contributed by atoms with Crippen molar-refractivity contribution in [1.29, 1.82) is 0 Å². The van der Waals surface area contributed by atoms with Crippen LogP contribution in [0.4, 0.5) is 0 Å². The average molecular weight is 700 g/mol. The molecule has 11 nitrogen and oxygen atoms in total. The van der Waals surface area contributed by atoms with Gasteiger partial charge in [-0.2, -0.15) is 0 Å². The molecule has 1 aliphatic carbocycles. The van der Waals surface area contributed by atoms with Crippen molar-refractivity contribution in [3.63, 3.8) is 0 Å². The van der Waals surface area contributed by atoms with Crippen LogP contribution in [-0.2, 0) is 22.6 Å². The van der Waals surface area contributed by atoms with E-state index in [0.29, 0.717) is 31.1 Å². The van der Waals surface area contributed by atoms with E-state index in [9.17, 15) is 9.59 Å². The van der Waals surface area contributed by atoms with Crippen LogP contribution in [0.15, 0.2) is 48.7 Å². The summed E-state index contributed by atoms with van der Waals surface area (Å²) < 4.78 is 11.7. The molecule has 2 N–H and O–H groups in total. The van der Waals surface area contributed by atoms with E-state index in [1.165, 1.54) is 11.1 Å². The number of likely N-dealkylation sites (tertiary alicyclic amines) is 2. The maximum atomic E-state index is 11.9. The molecule has 2 aromatic carbocycles. The van der Waals surface area contributed by atoms with Crippen LogP contribution in [0.5, 0.6) is 11.8 Å². The minimum atomic E-state index is -0.0779. The molecule has 11 heteroatoms. The molecule has 0 radical (unpaired) electrons. The number of amides is 2. The molecular formula is C41H45N7O4. The molecule has 5 aliphatic rings. The Kier molecular flexibility index (Phi) is 7.85. The van der Waals surface area contributed by atoms with E-state index in [-0.39, 0.29) is 28.9 Å². The van der Waals surface area contributed by atoms with Crippen LogP contribution < -0.4 is 20.1 Å². The molecule has 4 aromatic rings. The van der Waals surface area contributed by atoms with E-state index in [1.54, 1.807) is 14.2 Å². The number of pyridine rings is 1. The van der Waals surface area contributed by atoms with E-state index in [2.05, 4.69) is 76.7 Å². The molecule has 268 valence electrons. The largest absolute Gasteiger partial charge is 0.481 e.